The lowest BCUT2D eigenvalue weighted by atomic mass is 9.87. The van der Waals surface area contributed by atoms with Crippen molar-refractivity contribution in [1.82, 2.24) is 0 Å². The van der Waals surface area contributed by atoms with Gasteiger partial charge < -0.3 is 8.92 Å². The number of ether oxygens (including phenoxy) is 1. The van der Waals surface area contributed by atoms with Gasteiger partial charge in [-0.15, -0.1) is 0 Å². The van der Waals surface area contributed by atoms with Crippen LogP contribution in [0.25, 0.3) is 0 Å². The van der Waals surface area contributed by atoms with Crippen LogP contribution in [0.3, 0.4) is 0 Å². The Labute approximate surface area is 136 Å². The van der Waals surface area contributed by atoms with Gasteiger partial charge in [-0.1, -0.05) is 17.7 Å². The third-order valence-electron chi connectivity index (χ3n) is 3.15. The molecule has 0 spiro atoms. The molecular weight excluding hydrogens is 300 g/mol. The number of hydrogen-bond donors (Lipinski definition) is 0. The highest BCUT2D eigenvalue weighted by molar-refractivity contribution is 7.94. The van der Waals surface area contributed by atoms with Crippen molar-refractivity contribution in [3.63, 3.8) is 0 Å². The van der Waals surface area contributed by atoms with E-state index in [9.17, 15) is 9.59 Å². The molecule has 0 aliphatic carbocycles. The molecule has 0 saturated heterocycles. The normalized spacial score (nSPS) is 14.3. The van der Waals surface area contributed by atoms with Crippen molar-refractivity contribution in [2.24, 2.45) is 5.41 Å². The van der Waals surface area contributed by atoms with Gasteiger partial charge in [0.2, 0.25) is 0 Å². The molecule has 0 aliphatic rings. The molecule has 1 atom stereocenters. The summed E-state index contributed by atoms with van der Waals surface area (Å²) in [6, 6.07) is 7.81. The van der Waals surface area contributed by atoms with E-state index in [-0.39, 0.29) is 12.4 Å². The Morgan fingerprint density at radius 2 is 1.64 bits per heavy atom. The Hall–Kier alpha value is -1.33. The third-order valence-corrected chi connectivity index (χ3v) is 3.85. The van der Waals surface area contributed by atoms with Gasteiger partial charge >= 0.3 is 5.97 Å². The highest BCUT2D eigenvalue weighted by atomic mass is 32.2. The Morgan fingerprint density at radius 3 is 2.09 bits per heavy atom. The minimum absolute atomic E-state index is 0.0320. The number of hydrogen-bond acceptors (Lipinski definition) is 5. The van der Waals surface area contributed by atoms with Gasteiger partial charge in [0.15, 0.2) is 0 Å². The van der Waals surface area contributed by atoms with Crippen molar-refractivity contribution < 1.29 is 18.5 Å². The molecule has 0 aliphatic heterocycles. The zero-order valence-corrected chi connectivity index (χ0v) is 14.9. The number of rotatable bonds is 6. The Balaban J connectivity index is 2.69. The Kier molecular flexibility index (Phi) is 6.20. The van der Waals surface area contributed by atoms with Crippen LogP contribution in [-0.4, -0.2) is 24.0 Å². The summed E-state index contributed by atoms with van der Waals surface area (Å²) in [5.41, 5.74) is -0.783. The van der Waals surface area contributed by atoms with Gasteiger partial charge in [-0.3, -0.25) is 9.59 Å². The zero-order chi connectivity index (χ0) is 17.0. The van der Waals surface area contributed by atoms with Gasteiger partial charge in [-0.05, 0) is 53.7 Å². The average molecular weight is 324 g/mol. The topological polar surface area (TPSA) is 52.6 Å². The average Bonchev–Trinajstić information content (AvgIpc) is 2.38. The second kappa shape index (κ2) is 7.29. The number of aryl methyl sites for hydroxylation is 1. The zero-order valence-electron chi connectivity index (χ0n) is 14.1. The molecule has 1 aromatic rings. The van der Waals surface area contributed by atoms with Crippen LogP contribution in [0.2, 0.25) is 0 Å². The summed E-state index contributed by atoms with van der Waals surface area (Å²) in [6.07, 6.45) is 0. The van der Waals surface area contributed by atoms with Crippen molar-refractivity contribution in [3.8, 4) is 0 Å². The van der Waals surface area contributed by atoms with Gasteiger partial charge in [-0.25, -0.2) is 0 Å². The van der Waals surface area contributed by atoms with E-state index in [1.54, 1.807) is 27.7 Å². The largest absolute Gasteiger partial charge is 0.459 e. The summed E-state index contributed by atoms with van der Waals surface area (Å²) in [5, 5.41) is 0. The number of carbonyl (C=O) groups excluding carboxylic acids is 2. The first-order valence-corrected chi connectivity index (χ1v) is 7.89. The first kappa shape index (κ1) is 18.7. The predicted molar refractivity (Wildman–Crippen MR) is 87.6 cm³/mol. The molecule has 0 N–H and O–H groups in total. The number of ketones is 1. The molecule has 4 nitrogen and oxygen atoms in total. The lowest BCUT2D eigenvalue weighted by Crippen LogP contribution is -2.43. The Bertz CT molecular complexity index is 531. The highest BCUT2D eigenvalue weighted by Gasteiger charge is 2.42. The molecule has 0 saturated carbocycles. The van der Waals surface area contributed by atoms with Crippen LogP contribution in [0.4, 0.5) is 0 Å². The second-order valence-electron chi connectivity index (χ2n) is 6.55. The van der Waals surface area contributed by atoms with Crippen molar-refractivity contribution in [2.45, 2.75) is 52.0 Å². The lowest BCUT2D eigenvalue weighted by Gasteiger charge is -2.29. The molecule has 22 heavy (non-hydrogen) atoms. The van der Waals surface area contributed by atoms with Gasteiger partial charge in [-0.2, -0.15) is 0 Å². The molecule has 1 aromatic carbocycles. The fraction of sp³-hybridized carbons (Fsp3) is 0.529. The molecule has 122 valence electrons. The van der Waals surface area contributed by atoms with Crippen LogP contribution >= 0.6 is 12.0 Å². The summed E-state index contributed by atoms with van der Waals surface area (Å²) >= 11 is 1.15. The smallest absolute Gasteiger partial charge is 0.322 e. The third kappa shape index (κ3) is 5.46. The van der Waals surface area contributed by atoms with E-state index in [1.165, 1.54) is 6.92 Å². The molecule has 0 aromatic heterocycles. The molecule has 1 unspecified atom stereocenters. The first-order chi connectivity index (χ1) is 10.0. The fourth-order valence-corrected chi connectivity index (χ4v) is 2.18. The van der Waals surface area contributed by atoms with Crippen LogP contribution in [0.5, 0.6) is 0 Å². The summed E-state index contributed by atoms with van der Waals surface area (Å²) < 4.78 is 10.9. The van der Waals surface area contributed by atoms with Crippen molar-refractivity contribution >= 4 is 23.8 Å². The molecule has 5 heteroatoms. The van der Waals surface area contributed by atoms with Crippen LogP contribution < -0.4 is 0 Å². The van der Waals surface area contributed by atoms with E-state index in [0.29, 0.717) is 0 Å². The summed E-state index contributed by atoms with van der Waals surface area (Å²) in [6.45, 7) is 10.2. The second-order valence-corrected chi connectivity index (χ2v) is 7.42. The van der Waals surface area contributed by atoms with E-state index >= 15 is 0 Å². The first-order valence-electron chi connectivity index (χ1n) is 7.15. The molecular formula is C17H24O4S. The van der Waals surface area contributed by atoms with Crippen molar-refractivity contribution in [2.75, 3.05) is 6.61 Å². The van der Waals surface area contributed by atoms with E-state index in [1.807, 2.05) is 31.2 Å². The minimum Gasteiger partial charge on any atom is -0.459 e. The predicted octanol–water partition coefficient (Wildman–Crippen LogP) is 3.96. The maximum Gasteiger partial charge on any atom is 0.322 e. The van der Waals surface area contributed by atoms with Gasteiger partial charge in [0, 0.05) is 16.9 Å². The highest BCUT2D eigenvalue weighted by Crippen LogP contribution is 2.28. The minimum atomic E-state index is -1.30. The Morgan fingerprint density at radius 1 is 1.09 bits per heavy atom. The van der Waals surface area contributed by atoms with Crippen molar-refractivity contribution in [3.05, 3.63) is 29.8 Å². The van der Waals surface area contributed by atoms with Gasteiger partial charge in [0.25, 0.3) is 0 Å². The molecule has 0 heterocycles. The van der Waals surface area contributed by atoms with E-state index in [0.717, 1.165) is 22.5 Å². The maximum absolute atomic E-state index is 12.3. The SMILES string of the molecule is CC(=O)C(C)(COSc1ccc(C)cc1)C(=O)OC(C)(C)C. The van der Waals surface area contributed by atoms with E-state index in [2.05, 4.69) is 0 Å². The fourth-order valence-electron chi connectivity index (χ4n) is 1.50. The van der Waals surface area contributed by atoms with Crippen LogP contribution in [-0.2, 0) is 18.5 Å². The van der Waals surface area contributed by atoms with Crippen molar-refractivity contribution in [1.29, 1.82) is 0 Å². The molecule has 0 fully saturated rings. The number of benzene rings is 1. The number of carbonyl (C=O) groups is 2. The lowest BCUT2D eigenvalue weighted by molar-refractivity contribution is -0.170. The maximum atomic E-state index is 12.3. The van der Waals surface area contributed by atoms with Gasteiger partial charge in [0.1, 0.15) is 16.8 Å². The summed E-state index contributed by atoms with van der Waals surface area (Å²) in [5.74, 6) is -0.830. The summed E-state index contributed by atoms with van der Waals surface area (Å²) in [7, 11) is 0. The number of esters is 1. The van der Waals surface area contributed by atoms with Gasteiger partial charge in [0.05, 0.1) is 6.61 Å². The molecule has 0 radical (unpaired) electrons. The standard InChI is InChI=1S/C17H24O4S/c1-12-7-9-14(10-8-12)22-20-11-17(6,13(2)18)15(19)21-16(3,4)5/h7-10H,11H2,1-6H3. The monoisotopic (exact) mass is 324 g/mol. The van der Waals surface area contributed by atoms with E-state index in [4.69, 9.17) is 8.92 Å². The molecule has 0 amide bonds. The molecule has 1 rings (SSSR count). The summed E-state index contributed by atoms with van der Waals surface area (Å²) in [4.78, 5) is 25.1. The molecule has 0 bridgehead atoms. The van der Waals surface area contributed by atoms with E-state index < -0.39 is 17.0 Å². The van der Waals surface area contributed by atoms with Crippen LogP contribution in [0.15, 0.2) is 29.2 Å². The van der Waals surface area contributed by atoms with Crippen LogP contribution in [0.1, 0.15) is 40.2 Å². The quantitative estimate of drug-likeness (QED) is 0.450. The number of Topliss-reactive ketones (excluding diaryl/α,β-unsaturated/α-hetero) is 1. The van der Waals surface area contributed by atoms with Crippen LogP contribution in [0, 0.1) is 12.3 Å².